The van der Waals surface area contributed by atoms with Crippen molar-refractivity contribution in [3.05, 3.63) is 23.9 Å². The minimum absolute atomic E-state index is 0.893. The van der Waals surface area contributed by atoms with Crippen molar-refractivity contribution in [3.8, 4) is 0 Å². The van der Waals surface area contributed by atoms with Crippen molar-refractivity contribution in [2.45, 2.75) is 26.8 Å². The van der Waals surface area contributed by atoms with E-state index in [4.69, 9.17) is 0 Å². The van der Waals surface area contributed by atoms with E-state index in [2.05, 4.69) is 54.1 Å². The third-order valence-electron chi connectivity index (χ3n) is 3.15. The van der Waals surface area contributed by atoms with Crippen molar-refractivity contribution in [2.24, 2.45) is 0 Å². The van der Waals surface area contributed by atoms with Gasteiger partial charge in [-0.1, -0.05) is 13.0 Å². The summed E-state index contributed by atoms with van der Waals surface area (Å²) in [5.74, 6) is 1.13. The number of hydrogen-bond donors (Lipinski definition) is 1. The lowest BCUT2D eigenvalue weighted by atomic mass is 10.2. The number of rotatable bonds is 9. The topological polar surface area (TPSA) is 31.4 Å². The summed E-state index contributed by atoms with van der Waals surface area (Å²) in [5, 5.41) is 3.38. The minimum Gasteiger partial charge on any atom is -0.357 e. The second-order valence-corrected chi connectivity index (χ2v) is 5.00. The summed E-state index contributed by atoms with van der Waals surface area (Å²) in [7, 11) is 4.24. The summed E-state index contributed by atoms with van der Waals surface area (Å²) in [6.07, 6.45) is 3.05. The van der Waals surface area contributed by atoms with E-state index in [0.717, 1.165) is 45.0 Å². The monoisotopic (exact) mass is 264 g/mol. The molecule has 108 valence electrons. The molecule has 0 spiro atoms. The van der Waals surface area contributed by atoms with Gasteiger partial charge in [0.2, 0.25) is 0 Å². The summed E-state index contributed by atoms with van der Waals surface area (Å²) in [5.41, 5.74) is 1.29. The van der Waals surface area contributed by atoms with Crippen LogP contribution in [0.15, 0.2) is 18.3 Å². The molecule has 0 amide bonds. The van der Waals surface area contributed by atoms with Gasteiger partial charge in [0.15, 0.2) is 0 Å². The summed E-state index contributed by atoms with van der Waals surface area (Å²) in [6, 6.07) is 4.18. The van der Waals surface area contributed by atoms with E-state index in [9.17, 15) is 0 Å². The quantitative estimate of drug-likeness (QED) is 0.739. The predicted molar refractivity (Wildman–Crippen MR) is 82.7 cm³/mol. The largest absolute Gasteiger partial charge is 0.357 e. The van der Waals surface area contributed by atoms with Crippen LogP contribution in [0, 0.1) is 0 Å². The molecule has 0 bridgehead atoms. The van der Waals surface area contributed by atoms with Crippen LogP contribution < -0.4 is 10.2 Å². The summed E-state index contributed by atoms with van der Waals surface area (Å²) in [6.45, 7) is 9.39. The fourth-order valence-corrected chi connectivity index (χ4v) is 2.10. The van der Waals surface area contributed by atoms with Crippen molar-refractivity contribution in [1.82, 2.24) is 15.2 Å². The zero-order valence-corrected chi connectivity index (χ0v) is 12.8. The van der Waals surface area contributed by atoms with Gasteiger partial charge in [0.05, 0.1) is 0 Å². The molecular weight excluding hydrogens is 236 g/mol. The van der Waals surface area contributed by atoms with Crippen molar-refractivity contribution < 1.29 is 0 Å². The average Bonchev–Trinajstić information content (AvgIpc) is 2.41. The normalized spacial score (nSPS) is 11.0. The molecule has 4 heteroatoms. The first-order valence-corrected chi connectivity index (χ1v) is 7.23. The standard InChI is InChI=1S/C15H28N4/c1-5-16-13-14-9-7-10-17-15(14)19(6-2)12-8-11-18(3)4/h7,9-10,16H,5-6,8,11-13H2,1-4H3. The maximum absolute atomic E-state index is 4.57. The molecule has 0 unspecified atom stereocenters. The fraction of sp³-hybridized carbons (Fsp3) is 0.667. The lowest BCUT2D eigenvalue weighted by molar-refractivity contribution is 0.400. The smallest absolute Gasteiger partial charge is 0.132 e. The molecule has 0 saturated heterocycles. The molecule has 0 aliphatic carbocycles. The second kappa shape index (κ2) is 8.88. The van der Waals surface area contributed by atoms with Crippen LogP contribution >= 0.6 is 0 Å². The third kappa shape index (κ3) is 5.57. The Hall–Kier alpha value is -1.13. The zero-order chi connectivity index (χ0) is 14.1. The Balaban J connectivity index is 2.68. The Labute approximate surface area is 117 Å². The van der Waals surface area contributed by atoms with Gasteiger partial charge < -0.3 is 15.1 Å². The summed E-state index contributed by atoms with van der Waals surface area (Å²) < 4.78 is 0. The Kier molecular flexibility index (Phi) is 7.45. The number of nitrogens with one attached hydrogen (secondary N) is 1. The maximum Gasteiger partial charge on any atom is 0.132 e. The van der Waals surface area contributed by atoms with Crippen LogP contribution in [0.5, 0.6) is 0 Å². The van der Waals surface area contributed by atoms with Crippen LogP contribution in [-0.2, 0) is 6.54 Å². The third-order valence-corrected chi connectivity index (χ3v) is 3.15. The molecule has 1 aromatic rings. The highest BCUT2D eigenvalue weighted by Gasteiger charge is 2.10. The minimum atomic E-state index is 0.893. The first kappa shape index (κ1) is 15.9. The molecule has 1 N–H and O–H groups in total. The van der Waals surface area contributed by atoms with Crippen LogP contribution in [0.2, 0.25) is 0 Å². The van der Waals surface area contributed by atoms with Gasteiger partial charge in [0, 0.05) is 31.4 Å². The Morgan fingerprint density at radius 1 is 1.21 bits per heavy atom. The van der Waals surface area contributed by atoms with E-state index in [0.29, 0.717) is 0 Å². The van der Waals surface area contributed by atoms with Gasteiger partial charge in [0.1, 0.15) is 5.82 Å². The lowest BCUT2D eigenvalue weighted by Gasteiger charge is -2.25. The molecule has 0 saturated carbocycles. The first-order chi connectivity index (χ1) is 9.19. The van der Waals surface area contributed by atoms with Crippen LogP contribution in [0.3, 0.4) is 0 Å². The summed E-state index contributed by atoms with van der Waals surface area (Å²) in [4.78, 5) is 9.17. The van der Waals surface area contributed by atoms with E-state index in [-0.39, 0.29) is 0 Å². The Morgan fingerprint density at radius 2 is 2.00 bits per heavy atom. The highest BCUT2D eigenvalue weighted by Crippen LogP contribution is 2.17. The second-order valence-electron chi connectivity index (χ2n) is 5.00. The molecule has 0 fully saturated rings. The predicted octanol–water partition coefficient (Wildman–Crippen LogP) is 1.97. The van der Waals surface area contributed by atoms with Gasteiger partial charge in [0.25, 0.3) is 0 Å². The van der Waals surface area contributed by atoms with Gasteiger partial charge in [-0.2, -0.15) is 0 Å². The molecule has 4 nitrogen and oxygen atoms in total. The number of hydrogen-bond acceptors (Lipinski definition) is 4. The van der Waals surface area contributed by atoms with Gasteiger partial charge in [-0.15, -0.1) is 0 Å². The first-order valence-electron chi connectivity index (χ1n) is 7.23. The van der Waals surface area contributed by atoms with Gasteiger partial charge in [-0.25, -0.2) is 4.98 Å². The molecule has 1 aromatic heterocycles. The maximum atomic E-state index is 4.57. The number of pyridine rings is 1. The Bertz CT molecular complexity index is 352. The van der Waals surface area contributed by atoms with Gasteiger partial charge in [-0.05, 0) is 46.6 Å². The molecule has 1 rings (SSSR count). The molecule has 0 aromatic carbocycles. The lowest BCUT2D eigenvalue weighted by Crippen LogP contribution is -2.29. The molecule has 0 radical (unpaired) electrons. The number of nitrogens with zero attached hydrogens (tertiary/aromatic N) is 3. The molecule has 0 aliphatic heterocycles. The number of anilines is 1. The Morgan fingerprint density at radius 3 is 2.63 bits per heavy atom. The van der Waals surface area contributed by atoms with Crippen LogP contribution in [0.1, 0.15) is 25.8 Å². The van der Waals surface area contributed by atoms with Crippen molar-refractivity contribution in [3.63, 3.8) is 0 Å². The van der Waals surface area contributed by atoms with Crippen molar-refractivity contribution in [2.75, 3.05) is 45.2 Å². The van der Waals surface area contributed by atoms with E-state index in [1.807, 2.05) is 12.3 Å². The van der Waals surface area contributed by atoms with Crippen LogP contribution in [-0.4, -0.2) is 50.2 Å². The average molecular weight is 264 g/mol. The zero-order valence-electron chi connectivity index (χ0n) is 12.8. The molecule has 1 heterocycles. The van der Waals surface area contributed by atoms with Crippen LogP contribution in [0.4, 0.5) is 5.82 Å². The van der Waals surface area contributed by atoms with E-state index >= 15 is 0 Å². The fourth-order valence-electron chi connectivity index (χ4n) is 2.10. The molecular formula is C15H28N4. The van der Waals surface area contributed by atoms with Crippen molar-refractivity contribution >= 4 is 5.82 Å². The summed E-state index contributed by atoms with van der Waals surface area (Å²) >= 11 is 0. The SMILES string of the molecule is CCNCc1cccnc1N(CC)CCCN(C)C. The molecule has 0 aliphatic rings. The van der Waals surface area contributed by atoms with Gasteiger partial charge >= 0.3 is 0 Å². The van der Waals surface area contributed by atoms with Gasteiger partial charge in [-0.3, -0.25) is 0 Å². The molecule has 19 heavy (non-hydrogen) atoms. The van der Waals surface area contributed by atoms with E-state index in [1.54, 1.807) is 0 Å². The van der Waals surface area contributed by atoms with E-state index < -0.39 is 0 Å². The van der Waals surface area contributed by atoms with Crippen LogP contribution in [0.25, 0.3) is 0 Å². The highest BCUT2D eigenvalue weighted by atomic mass is 15.2. The number of aromatic nitrogens is 1. The molecule has 0 atom stereocenters. The highest BCUT2D eigenvalue weighted by molar-refractivity contribution is 5.46. The van der Waals surface area contributed by atoms with E-state index in [1.165, 1.54) is 5.56 Å². The van der Waals surface area contributed by atoms with Crippen molar-refractivity contribution in [1.29, 1.82) is 0 Å².